The molecule has 0 spiro atoms. The van der Waals surface area contributed by atoms with E-state index >= 15 is 0 Å². The van der Waals surface area contributed by atoms with Crippen LogP contribution in [0.25, 0.3) is 0 Å². The molecule has 0 saturated heterocycles. The van der Waals surface area contributed by atoms with Gasteiger partial charge in [0.1, 0.15) is 25.4 Å². The van der Waals surface area contributed by atoms with Crippen molar-refractivity contribution in [2.75, 3.05) is 39.6 Å². The quantitative estimate of drug-likeness (QED) is 0.0146. The molecule has 0 heterocycles. The molecule has 0 fully saturated rings. The topological polar surface area (TPSA) is 231 Å². The minimum absolute atomic E-state index is 0.0845. The predicted molar refractivity (Wildman–Crippen MR) is 426 cm³/mol. The summed E-state index contributed by atoms with van der Waals surface area (Å²) < 4.78 is 61.2. The molecule has 0 radical (unpaired) electrons. The molecule has 588 valence electrons. The minimum atomic E-state index is -4.94. The van der Waals surface area contributed by atoms with Gasteiger partial charge in [-0.1, -0.05) is 294 Å². The summed E-state index contributed by atoms with van der Waals surface area (Å²) in [5, 5.41) is 20.6. The number of allylic oxidation sites excluding steroid dienone is 26. The fourth-order valence-electron chi connectivity index (χ4n) is 10.2. The molecule has 5 unspecified atom stereocenters. The summed E-state index contributed by atoms with van der Waals surface area (Å²) >= 11 is 0. The number of hydrogen-bond donors (Lipinski definition) is 4. The first kappa shape index (κ1) is 98.2. The molecule has 0 bridgehead atoms. The third-order valence-corrected chi connectivity index (χ3v) is 18.1. The predicted octanol–water partition coefficient (Wildman–Crippen LogP) is 23.4. The molecule has 0 aromatic heterocycles. The van der Waals surface area contributed by atoms with Gasteiger partial charge in [0.15, 0.2) is 6.10 Å². The first-order valence-electron chi connectivity index (χ1n) is 39.8. The second-order valence-electron chi connectivity index (χ2n) is 26.1. The molecular formula is C85H142O16P2. The van der Waals surface area contributed by atoms with Crippen LogP contribution in [-0.4, -0.2) is 95.9 Å². The lowest BCUT2D eigenvalue weighted by molar-refractivity contribution is -0.161. The Morgan fingerprint density at radius 1 is 0.282 bits per heavy atom. The van der Waals surface area contributed by atoms with Crippen molar-refractivity contribution in [3.8, 4) is 0 Å². The van der Waals surface area contributed by atoms with Crippen LogP contribution in [0.1, 0.15) is 303 Å². The number of carbonyl (C=O) groups is 3. The molecule has 0 amide bonds. The van der Waals surface area contributed by atoms with Gasteiger partial charge in [0, 0.05) is 19.3 Å². The Balaban J connectivity index is 4.61. The summed E-state index contributed by atoms with van der Waals surface area (Å²) in [4.78, 5) is 58.7. The van der Waals surface area contributed by atoms with Crippen LogP contribution in [0.2, 0.25) is 0 Å². The summed E-state index contributed by atoms with van der Waals surface area (Å²) in [6.07, 6.45) is 95.6. The molecule has 0 aliphatic heterocycles. The summed E-state index contributed by atoms with van der Waals surface area (Å²) in [7, 11) is -9.81. The van der Waals surface area contributed by atoms with Crippen molar-refractivity contribution in [2.24, 2.45) is 0 Å². The molecule has 0 rings (SSSR count). The van der Waals surface area contributed by atoms with Crippen LogP contribution in [0.5, 0.6) is 0 Å². The molecule has 0 aromatic carbocycles. The number of unbranched alkanes of at least 4 members (excludes halogenated alkanes) is 25. The zero-order chi connectivity index (χ0) is 75.2. The van der Waals surface area contributed by atoms with Gasteiger partial charge >= 0.3 is 33.6 Å². The molecular weight excluding hydrogens is 1340 g/mol. The maximum atomic E-state index is 13.0. The van der Waals surface area contributed by atoms with Crippen molar-refractivity contribution in [3.05, 3.63) is 158 Å². The van der Waals surface area contributed by atoms with E-state index in [1.54, 1.807) is 0 Å². The van der Waals surface area contributed by atoms with Crippen LogP contribution >= 0.6 is 15.6 Å². The van der Waals surface area contributed by atoms with Gasteiger partial charge in [0.2, 0.25) is 0 Å². The second-order valence-corrected chi connectivity index (χ2v) is 29.0. The van der Waals surface area contributed by atoms with Crippen molar-refractivity contribution < 1.29 is 75.8 Å². The SMILES string of the molecule is CC/C=C\C/C=C\C/C=C\C/C=C\C/C=C\C/C=C\CCCCCCCCCCCCC(=O)OCC(O)COP(=O)(O)OCC(O)COP(=O)(O)OCC(COC(=O)CCCCCCC/C=C\C/C=C\C/C=C\C/C=C\CCCCC)OC(=O)CCCCCCCCC/C=C\C/C=C\C/C=C\CC. The van der Waals surface area contributed by atoms with Crippen molar-refractivity contribution in [1.29, 1.82) is 0 Å². The van der Waals surface area contributed by atoms with Gasteiger partial charge < -0.3 is 34.2 Å². The first-order chi connectivity index (χ1) is 50.2. The number of carbonyl (C=O) groups excluding carboxylic acids is 3. The fourth-order valence-corrected chi connectivity index (χ4v) is 11.8. The Morgan fingerprint density at radius 3 is 0.816 bits per heavy atom. The van der Waals surface area contributed by atoms with E-state index in [0.29, 0.717) is 19.3 Å². The highest BCUT2D eigenvalue weighted by Crippen LogP contribution is 2.45. The molecule has 18 heteroatoms. The van der Waals surface area contributed by atoms with Gasteiger partial charge in [0.25, 0.3) is 0 Å². The Hall–Kier alpha value is -4.83. The van der Waals surface area contributed by atoms with Gasteiger partial charge in [-0.15, -0.1) is 0 Å². The zero-order valence-electron chi connectivity index (χ0n) is 64.2. The summed E-state index contributed by atoms with van der Waals surface area (Å²) in [5.74, 6) is -1.61. The van der Waals surface area contributed by atoms with Crippen molar-refractivity contribution in [1.82, 2.24) is 0 Å². The van der Waals surface area contributed by atoms with Gasteiger partial charge in [-0.3, -0.25) is 32.5 Å². The second kappa shape index (κ2) is 76.8. The number of phosphoric ester groups is 2. The Morgan fingerprint density at radius 2 is 0.515 bits per heavy atom. The van der Waals surface area contributed by atoms with E-state index in [-0.39, 0.29) is 19.3 Å². The van der Waals surface area contributed by atoms with E-state index in [4.69, 9.17) is 32.3 Å². The molecule has 5 atom stereocenters. The van der Waals surface area contributed by atoms with Crippen LogP contribution in [0.4, 0.5) is 0 Å². The average molecular weight is 1480 g/mol. The average Bonchev–Trinajstić information content (AvgIpc) is 0.914. The Bertz CT molecular complexity index is 2500. The molecule has 0 aliphatic rings. The van der Waals surface area contributed by atoms with Crippen LogP contribution in [0.15, 0.2) is 158 Å². The van der Waals surface area contributed by atoms with Crippen LogP contribution in [-0.2, 0) is 55.8 Å². The third kappa shape index (κ3) is 78.1. The summed E-state index contributed by atoms with van der Waals surface area (Å²) in [5.41, 5.74) is 0. The number of ether oxygens (including phenoxy) is 3. The highest BCUT2D eigenvalue weighted by Gasteiger charge is 2.29. The van der Waals surface area contributed by atoms with Gasteiger partial charge in [0.05, 0.1) is 26.4 Å². The molecule has 0 aromatic rings. The maximum absolute atomic E-state index is 13.0. The van der Waals surface area contributed by atoms with E-state index in [9.17, 15) is 43.5 Å². The van der Waals surface area contributed by atoms with Crippen LogP contribution in [0, 0.1) is 0 Å². The standard InChI is InChI=1S/C85H142O16P2/c1-4-7-10-13-16-19-22-25-28-31-33-35-36-37-38-39-40-41-42-44-46-48-50-53-56-59-62-65-68-71-83(88)95-74-80(86)75-97-102(91,92)98-76-81(87)77-99-103(93,94)100-79-82(101-85(90)73-70-67-64-61-58-55-52-47-30-27-24-21-18-15-12-9-6-3)78-96-84(89)72-69-66-63-60-57-54-51-49-45-43-34-32-29-26-23-20-17-14-11-8-5-2/h7,9-10,12,16-21,25-30,33-35,37-38,40-41,43,49,51,80-82,86-87H,4-6,8,11,13-15,22-24,31-32,36,39,42,44-48,50,52-79H2,1-3H3,(H,91,92)(H,93,94)/b10-7-,12-9-,19-16-,20-17-,21-18-,28-25-,29-26-,30-27-,35-33-,38-37-,41-40-,43-34-,51-49-. The minimum Gasteiger partial charge on any atom is -0.463 e. The Labute approximate surface area is 625 Å². The number of aliphatic hydroxyl groups is 2. The lowest BCUT2D eigenvalue weighted by atomic mass is 10.1. The lowest BCUT2D eigenvalue weighted by Crippen LogP contribution is -2.30. The lowest BCUT2D eigenvalue weighted by Gasteiger charge is -2.21. The number of aliphatic hydroxyl groups excluding tert-OH is 2. The smallest absolute Gasteiger partial charge is 0.463 e. The normalized spacial score (nSPS) is 14.8. The number of phosphoric acid groups is 2. The number of rotatable bonds is 74. The van der Waals surface area contributed by atoms with Gasteiger partial charge in [-0.05, 0) is 148 Å². The molecule has 4 N–H and O–H groups in total. The van der Waals surface area contributed by atoms with E-state index < -0.39 is 91.5 Å². The molecule has 0 saturated carbocycles. The molecule has 0 aliphatic carbocycles. The summed E-state index contributed by atoms with van der Waals surface area (Å²) in [6, 6.07) is 0. The highest BCUT2D eigenvalue weighted by molar-refractivity contribution is 7.47. The van der Waals surface area contributed by atoms with Crippen molar-refractivity contribution >= 4 is 33.6 Å². The highest BCUT2D eigenvalue weighted by atomic mass is 31.2. The monoisotopic (exact) mass is 1480 g/mol. The first-order valence-corrected chi connectivity index (χ1v) is 42.8. The largest absolute Gasteiger partial charge is 0.472 e. The van der Waals surface area contributed by atoms with Crippen molar-refractivity contribution in [2.45, 2.75) is 322 Å². The fraction of sp³-hybridized carbons (Fsp3) is 0.659. The van der Waals surface area contributed by atoms with Crippen LogP contribution in [0.3, 0.4) is 0 Å². The number of hydrogen-bond acceptors (Lipinski definition) is 14. The third-order valence-electron chi connectivity index (χ3n) is 16.2. The zero-order valence-corrected chi connectivity index (χ0v) is 66.0. The van der Waals surface area contributed by atoms with E-state index in [2.05, 4.69) is 179 Å². The van der Waals surface area contributed by atoms with Crippen molar-refractivity contribution in [3.63, 3.8) is 0 Å². The molecule has 103 heavy (non-hydrogen) atoms. The maximum Gasteiger partial charge on any atom is 0.472 e. The van der Waals surface area contributed by atoms with Crippen LogP contribution < -0.4 is 0 Å². The van der Waals surface area contributed by atoms with E-state index in [0.717, 1.165) is 186 Å². The number of esters is 3. The van der Waals surface area contributed by atoms with E-state index in [1.165, 1.54) is 57.8 Å². The van der Waals surface area contributed by atoms with Gasteiger partial charge in [-0.25, -0.2) is 9.13 Å². The Kier molecular flexibility index (Phi) is 73.2. The summed E-state index contributed by atoms with van der Waals surface area (Å²) in [6.45, 7) is 2.39. The van der Waals surface area contributed by atoms with Gasteiger partial charge in [-0.2, -0.15) is 0 Å². The van der Waals surface area contributed by atoms with E-state index in [1.807, 2.05) is 0 Å². The molecule has 16 nitrogen and oxygen atoms in total.